The number of phenolic OH excluding ortho intramolecular Hbond substituents is 1. The van der Waals surface area contributed by atoms with E-state index in [9.17, 15) is 9.50 Å². The number of nitrogens with one attached hydrogen (secondary N) is 1. The Morgan fingerprint density at radius 1 is 1.11 bits per heavy atom. The van der Waals surface area contributed by atoms with Gasteiger partial charge in [-0.2, -0.15) is 0 Å². The molecule has 0 radical (unpaired) electrons. The minimum absolute atomic E-state index is 0.105. The van der Waals surface area contributed by atoms with Crippen molar-refractivity contribution in [2.24, 2.45) is 0 Å². The second-order valence-corrected chi connectivity index (χ2v) is 4.16. The van der Waals surface area contributed by atoms with E-state index in [4.69, 9.17) is 5.73 Å². The van der Waals surface area contributed by atoms with Gasteiger partial charge in [-0.3, -0.25) is 0 Å². The molecule has 1 heterocycles. The van der Waals surface area contributed by atoms with Crippen LogP contribution in [-0.2, 0) is 0 Å². The Balaban J connectivity index is 2.23. The van der Waals surface area contributed by atoms with Gasteiger partial charge in [0, 0.05) is 16.5 Å². The number of para-hydroxylation sites is 1. The molecule has 0 amide bonds. The zero-order chi connectivity index (χ0) is 12.7. The van der Waals surface area contributed by atoms with E-state index in [2.05, 4.69) is 4.98 Å². The molecule has 3 aromatic rings. The molecule has 18 heavy (non-hydrogen) atoms. The van der Waals surface area contributed by atoms with Crippen LogP contribution in [0.5, 0.6) is 5.75 Å². The number of H-pyrrole nitrogens is 1. The number of aromatic hydroxyl groups is 1. The zero-order valence-corrected chi connectivity index (χ0v) is 9.44. The molecule has 0 saturated heterocycles. The predicted octanol–water partition coefficient (Wildman–Crippen LogP) is 3.26. The molecule has 90 valence electrons. The molecule has 4 heteroatoms. The van der Waals surface area contributed by atoms with Gasteiger partial charge >= 0.3 is 0 Å². The first-order valence-electron chi connectivity index (χ1n) is 5.51. The summed E-state index contributed by atoms with van der Waals surface area (Å²) in [5.74, 6) is -0.261. The Bertz CT molecular complexity index is 695. The van der Waals surface area contributed by atoms with Crippen molar-refractivity contribution in [3.8, 4) is 17.0 Å². The van der Waals surface area contributed by atoms with E-state index in [1.54, 1.807) is 30.3 Å². The van der Waals surface area contributed by atoms with Crippen molar-refractivity contribution in [1.82, 2.24) is 4.98 Å². The number of fused-ring (bicyclic) bond motifs is 1. The molecule has 0 fully saturated rings. The largest absolute Gasteiger partial charge is 0.507 e. The van der Waals surface area contributed by atoms with Crippen LogP contribution in [-0.4, -0.2) is 10.1 Å². The molecule has 0 bridgehead atoms. The summed E-state index contributed by atoms with van der Waals surface area (Å²) < 4.78 is 13.4. The van der Waals surface area contributed by atoms with Gasteiger partial charge < -0.3 is 15.8 Å². The van der Waals surface area contributed by atoms with E-state index in [1.165, 1.54) is 6.07 Å². The summed E-state index contributed by atoms with van der Waals surface area (Å²) in [4.78, 5) is 3.11. The average molecular weight is 242 g/mol. The molecular formula is C14H11FN2O. The van der Waals surface area contributed by atoms with Crippen LogP contribution >= 0.6 is 0 Å². The second-order valence-electron chi connectivity index (χ2n) is 4.16. The molecule has 0 aliphatic rings. The molecule has 0 atom stereocenters. The van der Waals surface area contributed by atoms with Gasteiger partial charge in [-0.15, -0.1) is 0 Å². The van der Waals surface area contributed by atoms with Crippen molar-refractivity contribution in [2.75, 3.05) is 5.73 Å². The average Bonchev–Trinajstić information content (AvgIpc) is 2.73. The maximum absolute atomic E-state index is 13.4. The lowest BCUT2D eigenvalue weighted by Crippen LogP contribution is -1.89. The second kappa shape index (κ2) is 3.77. The number of aromatic amines is 1. The van der Waals surface area contributed by atoms with Gasteiger partial charge in [0.15, 0.2) is 0 Å². The van der Waals surface area contributed by atoms with E-state index in [0.29, 0.717) is 5.56 Å². The third-order valence-electron chi connectivity index (χ3n) is 2.93. The fraction of sp³-hybridized carbons (Fsp3) is 0. The Kier molecular flexibility index (Phi) is 2.23. The van der Waals surface area contributed by atoms with Crippen LogP contribution < -0.4 is 5.73 Å². The van der Waals surface area contributed by atoms with Crippen LogP contribution in [0.15, 0.2) is 42.5 Å². The van der Waals surface area contributed by atoms with Crippen molar-refractivity contribution in [3.63, 3.8) is 0 Å². The van der Waals surface area contributed by atoms with E-state index >= 15 is 0 Å². The lowest BCUT2D eigenvalue weighted by atomic mass is 10.1. The number of nitrogens with two attached hydrogens (primary N) is 1. The van der Waals surface area contributed by atoms with Crippen molar-refractivity contribution >= 4 is 16.6 Å². The summed E-state index contributed by atoms with van der Waals surface area (Å²) in [5.41, 5.74) is 7.77. The number of aromatic nitrogens is 1. The van der Waals surface area contributed by atoms with Gasteiger partial charge in [0.25, 0.3) is 0 Å². The third-order valence-corrected chi connectivity index (χ3v) is 2.93. The first kappa shape index (κ1) is 10.7. The first-order chi connectivity index (χ1) is 8.65. The Morgan fingerprint density at radius 2 is 1.89 bits per heavy atom. The molecule has 1 aromatic heterocycles. The molecule has 0 aliphatic carbocycles. The highest BCUT2D eigenvalue weighted by atomic mass is 19.1. The fourth-order valence-corrected chi connectivity index (χ4v) is 2.02. The number of nitrogen functional groups attached to an aromatic ring is 1. The van der Waals surface area contributed by atoms with E-state index in [1.807, 2.05) is 6.07 Å². The van der Waals surface area contributed by atoms with Gasteiger partial charge in [-0.25, -0.2) is 4.39 Å². The highest BCUT2D eigenvalue weighted by Gasteiger charge is 2.09. The van der Waals surface area contributed by atoms with Crippen LogP contribution in [0.4, 0.5) is 10.1 Å². The Labute approximate surface area is 103 Å². The quantitative estimate of drug-likeness (QED) is 0.573. The number of anilines is 1. The van der Waals surface area contributed by atoms with Gasteiger partial charge in [0.1, 0.15) is 11.6 Å². The molecular weight excluding hydrogens is 231 g/mol. The minimum atomic E-state index is -0.440. The van der Waals surface area contributed by atoms with Crippen LogP contribution in [0, 0.1) is 5.82 Å². The van der Waals surface area contributed by atoms with E-state index in [-0.39, 0.29) is 11.4 Å². The number of benzene rings is 2. The lowest BCUT2D eigenvalue weighted by Gasteiger charge is -2.00. The van der Waals surface area contributed by atoms with Crippen LogP contribution in [0.1, 0.15) is 0 Å². The number of halogens is 1. The van der Waals surface area contributed by atoms with E-state index < -0.39 is 5.82 Å². The molecule has 0 aliphatic heterocycles. The van der Waals surface area contributed by atoms with Crippen molar-refractivity contribution in [1.29, 1.82) is 0 Å². The molecule has 0 unspecified atom stereocenters. The van der Waals surface area contributed by atoms with Crippen LogP contribution in [0.3, 0.4) is 0 Å². The minimum Gasteiger partial charge on any atom is -0.507 e. The van der Waals surface area contributed by atoms with Crippen molar-refractivity contribution in [3.05, 3.63) is 48.3 Å². The Hall–Kier alpha value is -2.49. The molecule has 2 aromatic carbocycles. The monoisotopic (exact) mass is 242 g/mol. The highest BCUT2D eigenvalue weighted by Crippen LogP contribution is 2.31. The van der Waals surface area contributed by atoms with Crippen molar-refractivity contribution < 1.29 is 9.50 Å². The van der Waals surface area contributed by atoms with Gasteiger partial charge in [-0.05, 0) is 30.3 Å². The molecule has 0 saturated carbocycles. The highest BCUT2D eigenvalue weighted by molar-refractivity contribution is 5.89. The summed E-state index contributed by atoms with van der Waals surface area (Å²) in [5, 5.41) is 10.5. The maximum atomic E-state index is 13.4. The summed E-state index contributed by atoms with van der Waals surface area (Å²) in [6, 6.07) is 11.7. The number of hydrogen-bond acceptors (Lipinski definition) is 2. The summed E-state index contributed by atoms with van der Waals surface area (Å²) >= 11 is 0. The molecule has 0 spiro atoms. The predicted molar refractivity (Wildman–Crippen MR) is 69.8 cm³/mol. The first-order valence-corrected chi connectivity index (χ1v) is 5.51. The van der Waals surface area contributed by atoms with Gasteiger partial charge in [0.05, 0.1) is 11.4 Å². The Morgan fingerprint density at radius 3 is 2.67 bits per heavy atom. The topological polar surface area (TPSA) is 62.0 Å². The number of rotatable bonds is 1. The fourth-order valence-electron chi connectivity index (χ4n) is 2.02. The maximum Gasteiger partial charge on any atom is 0.146 e. The van der Waals surface area contributed by atoms with E-state index in [0.717, 1.165) is 16.6 Å². The van der Waals surface area contributed by atoms with Crippen molar-refractivity contribution in [2.45, 2.75) is 0 Å². The lowest BCUT2D eigenvalue weighted by molar-refractivity contribution is 0.477. The standard InChI is InChI=1S/C14H11FN2O/c15-10-5-8-6-13(17-12(8)7-11(10)16)9-3-1-2-4-14(9)18/h1-7,17-18H,16H2. The number of hydrogen-bond donors (Lipinski definition) is 3. The summed E-state index contributed by atoms with van der Waals surface area (Å²) in [6.45, 7) is 0. The van der Waals surface area contributed by atoms with Crippen LogP contribution in [0.25, 0.3) is 22.2 Å². The zero-order valence-electron chi connectivity index (χ0n) is 9.44. The third kappa shape index (κ3) is 1.59. The molecule has 4 N–H and O–H groups in total. The smallest absolute Gasteiger partial charge is 0.146 e. The SMILES string of the molecule is Nc1cc2[nH]c(-c3ccccc3O)cc2cc1F. The normalized spacial score (nSPS) is 10.9. The number of phenols is 1. The summed E-state index contributed by atoms with van der Waals surface area (Å²) in [6.07, 6.45) is 0. The molecule has 3 nitrogen and oxygen atoms in total. The van der Waals surface area contributed by atoms with Crippen LogP contribution in [0.2, 0.25) is 0 Å². The summed E-state index contributed by atoms with van der Waals surface area (Å²) in [7, 11) is 0. The molecule has 3 rings (SSSR count). The van der Waals surface area contributed by atoms with Gasteiger partial charge in [-0.1, -0.05) is 12.1 Å². The van der Waals surface area contributed by atoms with Gasteiger partial charge in [0.2, 0.25) is 0 Å².